The summed E-state index contributed by atoms with van der Waals surface area (Å²) in [5.74, 6) is 0. The van der Waals surface area contributed by atoms with Crippen molar-refractivity contribution in [1.82, 2.24) is 0 Å². The van der Waals surface area contributed by atoms with Crippen molar-refractivity contribution in [2.45, 2.75) is 87.2 Å². The summed E-state index contributed by atoms with van der Waals surface area (Å²) in [6.45, 7) is 7.43. The smallest absolute Gasteiger partial charge is 0.0887 e. The Morgan fingerprint density at radius 1 is 0.765 bits per heavy atom. The Morgan fingerprint density at radius 2 is 1.41 bits per heavy atom. The number of fused-ring (bicyclic) bond motifs is 2. The van der Waals surface area contributed by atoms with Crippen LogP contribution in [0.3, 0.4) is 0 Å². The largest absolute Gasteiger partial charge is 0.139 e. The summed E-state index contributed by atoms with van der Waals surface area (Å²) in [5, 5.41) is 0.543. The maximum absolute atomic E-state index is 2.74. The fourth-order valence-corrected chi connectivity index (χ4v) is 5.18. The Bertz CT molecular complexity index is 276. The normalized spacial score (nSPS) is 42.6. The van der Waals surface area contributed by atoms with E-state index in [0.717, 1.165) is 0 Å². The molecule has 2 rings (SSSR count). The number of rotatable bonds is 0. The van der Waals surface area contributed by atoms with Crippen LogP contribution in [0.4, 0.5) is 0 Å². The molecule has 0 spiro atoms. The molecule has 0 aromatic rings. The van der Waals surface area contributed by atoms with Crippen LogP contribution >= 0.6 is 22.6 Å². The van der Waals surface area contributed by atoms with Crippen LogP contribution in [-0.4, -0.2) is 10.6 Å². The van der Waals surface area contributed by atoms with Crippen molar-refractivity contribution in [3.05, 3.63) is 0 Å². The van der Waals surface area contributed by atoms with Crippen molar-refractivity contribution >= 4 is 29.9 Å². The van der Waals surface area contributed by atoms with Crippen LogP contribution in [0.15, 0.2) is 0 Å². The maximum atomic E-state index is 2.74. The van der Waals surface area contributed by atoms with Crippen LogP contribution in [0.5, 0.6) is 0 Å². The summed E-state index contributed by atoms with van der Waals surface area (Å²) in [5.41, 5.74) is 0.582. The van der Waals surface area contributed by atoms with E-state index in [1.54, 1.807) is 0 Å². The van der Waals surface area contributed by atoms with Gasteiger partial charge in [0.2, 0.25) is 0 Å². The fourth-order valence-electron chi connectivity index (χ4n) is 3.77. The van der Waals surface area contributed by atoms with E-state index in [1.165, 1.54) is 57.8 Å². The molecule has 0 aromatic carbocycles. The van der Waals surface area contributed by atoms with Gasteiger partial charge in [0.1, 0.15) is 7.28 Å². The first-order valence-corrected chi connectivity index (χ1v) is 8.47. The van der Waals surface area contributed by atoms with Gasteiger partial charge >= 0.3 is 0 Å². The third kappa shape index (κ3) is 3.88. The molecule has 2 heterocycles. The van der Waals surface area contributed by atoms with E-state index in [1.807, 2.05) is 0 Å². The van der Waals surface area contributed by atoms with Gasteiger partial charge in [-0.2, -0.15) is 0 Å². The van der Waals surface area contributed by atoms with Crippen LogP contribution < -0.4 is 0 Å². The van der Waals surface area contributed by atoms with E-state index < -0.39 is 0 Å². The summed E-state index contributed by atoms with van der Waals surface area (Å²) in [4.78, 5) is 0. The van der Waals surface area contributed by atoms with Crippen LogP contribution in [0.2, 0.25) is 5.31 Å². The van der Waals surface area contributed by atoms with E-state index >= 15 is 0 Å². The number of halogens is 1. The highest BCUT2D eigenvalue weighted by Gasteiger charge is 2.44. The predicted molar refractivity (Wildman–Crippen MR) is 86.2 cm³/mol. The molecular formula is C15H27BI. The Labute approximate surface area is 122 Å². The molecule has 2 fully saturated rings. The highest BCUT2D eigenvalue weighted by atomic mass is 127. The van der Waals surface area contributed by atoms with E-state index in [9.17, 15) is 0 Å². The molecule has 17 heavy (non-hydrogen) atoms. The predicted octanol–water partition coefficient (Wildman–Crippen LogP) is 5.56. The quantitative estimate of drug-likeness (QED) is 0.306. The van der Waals surface area contributed by atoms with Gasteiger partial charge < -0.3 is 0 Å². The third-order valence-electron chi connectivity index (χ3n) is 5.02. The number of hydrogen-bond donors (Lipinski definition) is 0. The molecule has 0 N–H and O–H groups in total. The van der Waals surface area contributed by atoms with Crippen LogP contribution in [0.1, 0.15) is 78.6 Å². The summed E-state index contributed by atoms with van der Waals surface area (Å²) in [7, 11) is 2.72. The highest BCUT2D eigenvalue weighted by Crippen LogP contribution is 2.53. The Hall–Kier alpha value is 0.795. The summed E-state index contributed by atoms with van der Waals surface area (Å²) < 4.78 is 0.529. The molecule has 2 atom stereocenters. The van der Waals surface area contributed by atoms with Gasteiger partial charge in [-0.25, -0.2) is 0 Å². The average molecular weight is 345 g/mol. The molecular weight excluding hydrogens is 318 g/mol. The van der Waals surface area contributed by atoms with Gasteiger partial charge in [-0.05, 0) is 34.4 Å². The van der Waals surface area contributed by atoms with Crippen molar-refractivity contribution < 1.29 is 0 Å². The highest BCUT2D eigenvalue weighted by molar-refractivity contribution is 14.1. The molecule has 97 valence electrons. The molecule has 2 heteroatoms. The molecule has 0 aromatic heterocycles. The zero-order chi connectivity index (χ0) is 12.6. The van der Waals surface area contributed by atoms with Gasteiger partial charge in [0, 0.05) is 0 Å². The van der Waals surface area contributed by atoms with E-state index in [2.05, 4.69) is 50.6 Å². The molecule has 2 saturated heterocycles. The van der Waals surface area contributed by atoms with Crippen molar-refractivity contribution in [3.8, 4) is 0 Å². The molecule has 2 aliphatic heterocycles. The minimum absolute atomic E-state index is 0.529. The molecule has 0 saturated carbocycles. The van der Waals surface area contributed by atoms with E-state index in [4.69, 9.17) is 0 Å². The lowest BCUT2D eigenvalue weighted by molar-refractivity contribution is 0.275. The lowest BCUT2D eigenvalue weighted by Crippen LogP contribution is -2.27. The first-order valence-electron chi connectivity index (χ1n) is 7.39. The second-order valence-corrected chi connectivity index (χ2v) is 9.71. The topological polar surface area (TPSA) is 0 Å². The molecule has 0 aliphatic carbocycles. The van der Waals surface area contributed by atoms with E-state index in [0.29, 0.717) is 14.1 Å². The first-order chi connectivity index (χ1) is 7.83. The molecule has 1 radical (unpaired) electrons. The summed E-state index contributed by atoms with van der Waals surface area (Å²) in [6.07, 6.45) is 12.8. The minimum atomic E-state index is 0.529. The van der Waals surface area contributed by atoms with Crippen LogP contribution in [-0.2, 0) is 0 Å². The monoisotopic (exact) mass is 345 g/mol. The standard InChI is InChI=1S/C15H27BI/c1-13(2)7-4-5-10-15(17)12-11-14(3,16-15)9-6-8-13/h4-12H2,1-3H3. The Kier molecular flexibility index (Phi) is 4.22. The van der Waals surface area contributed by atoms with Crippen molar-refractivity contribution in [3.63, 3.8) is 0 Å². The van der Waals surface area contributed by atoms with Gasteiger partial charge in [0.15, 0.2) is 0 Å². The molecule has 2 aliphatic rings. The second kappa shape index (κ2) is 5.05. The molecule has 2 bridgehead atoms. The zero-order valence-electron chi connectivity index (χ0n) is 11.8. The second-order valence-electron chi connectivity index (χ2n) is 7.56. The number of hydrogen-bond acceptors (Lipinski definition) is 0. The maximum Gasteiger partial charge on any atom is 0.139 e. The van der Waals surface area contributed by atoms with Gasteiger partial charge in [-0.3, -0.25) is 0 Å². The van der Waals surface area contributed by atoms with Gasteiger partial charge in [0.25, 0.3) is 0 Å². The average Bonchev–Trinajstić information content (AvgIpc) is 2.49. The summed E-state index contributed by atoms with van der Waals surface area (Å²) >= 11 is 2.74. The first kappa shape index (κ1) is 14.2. The zero-order valence-corrected chi connectivity index (χ0v) is 14.0. The Balaban J connectivity index is 2.03. The molecule has 0 amide bonds. The van der Waals surface area contributed by atoms with Gasteiger partial charge in [0.05, 0.1) is 0 Å². The minimum Gasteiger partial charge on any atom is -0.0887 e. The third-order valence-corrected chi connectivity index (χ3v) is 6.41. The lowest BCUT2D eigenvalue weighted by atomic mass is 9.49. The SMILES string of the molecule is CC1(C)CCCCC2(I)[B]C(C)(CCC1)CC2. The van der Waals surface area contributed by atoms with Gasteiger partial charge in [-0.1, -0.05) is 80.8 Å². The lowest BCUT2D eigenvalue weighted by Gasteiger charge is -2.28. The molecule has 0 nitrogen and oxygen atoms in total. The Morgan fingerprint density at radius 3 is 2.18 bits per heavy atom. The van der Waals surface area contributed by atoms with Crippen molar-refractivity contribution in [2.75, 3.05) is 0 Å². The summed E-state index contributed by atoms with van der Waals surface area (Å²) in [6, 6.07) is 0. The van der Waals surface area contributed by atoms with Crippen LogP contribution in [0, 0.1) is 5.41 Å². The number of alkyl halides is 1. The van der Waals surface area contributed by atoms with Crippen LogP contribution in [0.25, 0.3) is 0 Å². The molecule has 2 unspecified atom stereocenters. The van der Waals surface area contributed by atoms with Crippen molar-refractivity contribution in [1.29, 1.82) is 0 Å². The fraction of sp³-hybridized carbons (Fsp3) is 1.00. The van der Waals surface area contributed by atoms with E-state index in [-0.39, 0.29) is 0 Å². The van der Waals surface area contributed by atoms with Crippen molar-refractivity contribution in [2.24, 2.45) is 5.41 Å². The van der Waals surface area contributed by atoms with Gasteiger partial charge in [-0.15, -0.1) is 0 Å².